The second-order valence-corrected chi connectivity index (χ2v) is 7.32. The highest BCUT2D eigenvalue weighted by Crippen LogP contribution is 2.40. The van der Waals surface area contributed by atoms with Gasteiger partial charge < -0.3 is 0 Å². The molecule has 0 aromatic heterocycles. The summed E-state index contributed by atoms with van der Waals surface area (Å²) >= 11 is 0. The van der Waals surface area contributed by atoms with Crippen molar-refractivity contribution in [1.29, 1.82) is 0 Å². The molecule has 0 N–H and O–H groups in total. The third-order valence-electron chi connectivity index (χ3n) is 4.78. The van der Waals surface area contributed by atoms with E-state index in [1.807, 2.05) is 24.3 Å². The predicted molar refractivity (Wildman–Crippen MR) is 104 cm³/mol. The molecule has 126 valence electrons. The molecule has 1 aromatic carbocycles. The van der Waals surface area contributed by atoms with Crippen LogP contribution in [0.25, 0.3) is 6.08 Å². The highest BCUT2D eigenvalue weighted by atomic mass is 16.1. The number of carbonyl (C=O) groups excluding carboxylic acids is 1. The van der Waals surface area contributed by atoms with Crippen molar-refractivity contribution in [2.45, 2.75) is 47.0 Å². The fourth-order valence-corrected chi connectivity index (χ4v) is 3.28. The Bertz CT molecular complexity index is 694. The maximum Gasteiger partial charge on any atom is 0.150 e. The van der Waals surface area contributed by atoms with Gasteiger partial charge in [-0.15, -0.1) is 0 Å². The van der Waals surface area contributed by atoms with Crippen LogP contribution in [-0.4, -0.2) is 6.29 Å². The second-order valence-electron chi connectivity index (χ2n) is 7.32. The first-order chi connectivity index (χ1) is 11.4. The lowest BCUT2D eigenvalue weighted by Gasteiger charge is -2.32. The molecule has 0 bridgehead atoms. The number of allylic oxidation sites excluding steroid dienone is 7. The Hall–Kier alpha value is -2.15. The first-order valence-electron chi connectivity index (χ1n) is 8.71. The molecule has 1 aliphatic rings. The van der Waals surface area contributed by atoms with Gasteiger partial charge in [0, 0.05) is 5.56 Å². The van der Waals surface area contributed by atoms with Crippen molar-refractivity contribution in [1.82, 2.24) is 0 Å². The second kappa shape index (κ2) is 8.10. The molecular weight excluding hydrogens is 292 g/mol. The highest BCUT2D eigenvalue weighted by molar-refractivity contribution is 5.75. The minimum atomic E-state index is 0.287. The number of hydrogen-bond donors (Lipinski definition) is 0. The van der Waals surface area contributed by atoms with Gasteiger partial charge in [-0.25, -0.2) is 0 Å². The van der Waals surface area contributed by atoms with Crippen LogP contribution in [0.5, 0.6) is 0 Å². The van der Waals surface area contributed by atoms with Crippen LogP contribution in [0.4, 0.5) is 0 Å². The smallest absolute Gasteiger partial charge is 0.150 e. The van der Waals surface area contributed by atoms with E-state index in [0.29, 0.717) is 5.56 Å². The number of aldehydes is 1. The lowest BCUT2D eigenvalue weighted by molar-refractivity contribution is 0.112. The fraction of sp³-hybridized carbons (Fsp3) is 0.348. The van der Waals surface area contributed by atoms with E-state index < -0.39 is 0 Å². The SMILES string of the molecule is CC1=C(/C=C/C(C)=C/C=C/c2ccc(C=O)cc2)C(C)(C)CCC1. The average Bonchev–Trinajstić information content (AvgIpc) is 2.54. The van der Waals surface area contributed by atoms with Crippen molar-refractivity contribution in [2.75, 3.05) is 0 Å². The minimum Gasteiger partial charge on any atom is -0.298 e. The van der Waals surface area contributed by atoms with Crippen LogP contribution in [0.1, 0.15) is 62.9 Å². The van der Waals surface area contributed by atoms with Gasteiger partial charge in [0.25, 0.3) is 0 Å². The van der Waals surface area contributed by atoms with Crippen LogP contribution >= 0.6 is 0 Å². The van der Waals surface area contributed by atoms with Crippen molar-refractivity contribution in [3.8, 4) is 0 Å². The molecule has 1 heteroatoms. The van der Waals surface area contributed by atoms with E-state index in [1.54, 1.807) is 0 Å². The third-order valence-corrected chi connectivity index (χ3v) is 4.78. The first kappa shape index (κ1) is 18.2. The summed E-state index contributed by atoms with van der Waals surface area (Å²) < 4.78 is 0. The number of benzene rings is 1. The van der Waals surface area contributed by atoms with Gasteiger partial charge >= 0.3 is 0 Å². The monoisotopic (exact) mass is 320 g/mol. The van der Waals surface area contributed by atoms with E-state index in [2.05, 4.69) is 58.1 Å². The quantitative estimate of drug-likeness (QED) is 0.444. The van der Waals surface area contributed by atoms with E-state index in [1.165, 1.54) is 36.0 Å². The van der Waals surface area contributed by atoms with Gasteiger partial charge in [0.05, 0.1) is 0 Å². The summed E-state index contributed by atoms with van der Waals surface area (Å²) in [5, 5.41) is 0. The zero-order chi connectivity index (χ0) is 17.6. The summed E-state index contributed by atoms with van der Waals surface area (Å²) in [6.45, 7) is 9.08. The molecule has 24 heavy (non-hydrogen) atoms. The molecule has 0 heterocycles. The standard InChI is InChI=1S/C23H28O/c1-18(7-5-9-20-11-13-21(17-24)14-12-20)10-15-22-19(2)8-6-16-23(22,3)4/h5,7,9-15,17H,6,8,16H2,1-4H3/b9-5+,15-10+,18-7+. The van der Waals surface area contributed by atoms with E-state index in [-0.39, 0.29) is 5.41 Å². The Kier molecular flexibility index (Phi) is 6.14. The van der Waals surface area contributed by atoms with Crippen molar-refractivity contribution in [2.24, 2.45) is 5.41 Å². The highest BCUT2D eigenvalue weighted by Gasteiger charge is 2.26. The van der Waals surface area contributed by atoms with Crippen LogP contribution < -0.4 is 0 Å². The van der Waals surface area contributed by atoms with E-state index in [9.17, 15) is 4.79 Å². The maximum atomic E-state index is 10.7. The molecule has 0 amide bonds. The van der Waals surface area contributed by atoms with Crippen LogP contribution in [0.15, 0.2) is 65.3 Å². The van der Waals surface area contributed by atoms with Crippen LogP contribution in [0.3, 0.4) is 0 Å². The Morgan fingerprint density at radius 1 is 1.08 bits per heavy atom. The third kappa shape index (κ3) is 4.92. The molecule has 0 atom stereocenters. The Labute approximate surface area is 146 Å². The van der Waals surface area contributed by atoms with E-state index >= 15 is 0 Å². The van der Waals surface area contributed by atoms with Crippen LogP contribution in [-0.2, 0) is 0 Å². The van der Waals surface area contributed by atoms with Crippen LogP contribution in [0, 0.1) is 5.41 Å². The minimum absolute atomic E-state index is 0.287. The Morgan fingerprint density at radius 2 is 1.75 bits per heavy atom. The van der Waals surface area contributed by atoms with Crippen molar-refractivity contribution >= 4 is 12.4 Å². The van der Waals surface area contributed by atoms with Gasteiger partial charge in [0.1, 0.15) is 6.29 Å². The molecule has 1 aromatic rings. The molecule has 1 nitrogen and oxygen atoms in total. The lowest BCUT2D eigenvalue weighted by Crippen LogP contribution is -2.19. The van der Waals surface area contributed by atoms with Gasteiger partial charge in [-0.05, 0) is 49.7 Å². The fourth-order valence-electron chi connectivity index (χ4n) is 3.28. The molecule has 1 aliphatic carbocycles. The van der Waals surface area contributed by atoms with Crippen LogP contribution in [0.2, 0.25) is 0 Å². The topological polar surface area (TPSA) is 17.1 Å². The normalized spacial score (nSPS) is 18.6. The molecule has 0 aliphatic heterocycles. The average molecular weight is 320 g/mol. The Balaban J connectivity index is 2.05. The van der Waals surface area contributed by atoms with Gasteiger partial charge in [0.2, 0.25) is 0 Å². The molecule has 0 saturated heterocycles. The summed E-state index contributed by atoms with van der Waals surface area (Å²) in [6, 6.07) is 7.59. The van der Waals surface area contributed by atoms with E-state index in [0.717, 1.165) is 11.8 Å². The molecule has 0 radical (unpaired) electrons. The molecule has 0 unspecified atom stereocenters. The molecule has 0 fully saturated rings. The molecule has 2 rings (SSSR count). The summed E-state index contributed by atoms with van der Waals surface area (Å²) in [6.07, 6.45) is 15.4. The van der Waals surface area contributed by atoms with Gasteiger partial charge in [-0.2, -0.15) is 0 Å². The predicted octanol–water partition coefficient (Wildman–Crippen LogP) is 6.54. The largest absolute Gasteiger partial charge is 0.298 e. The van der Waals surface area contributed by atoms with Gasteiger partial charge in [-0.1, -0.05) is 79.6 Å². The molecular formula is C23H28O. The van der Waals surface area contributed by atoms with Crippen molar-refractivity contribution in [3.05, 3.63) is 76.4 Å². The number of rotatable bonds is 5. The molecule has 0 spiro atoms. The lowest BCUT2D eigenvalue weighted by atomic mass is 9.72. The number of carbonyl (C=O) groups is 1. The summed E-state index contributed by atoms with van der Waals surface area (Å²) in [7, 11) is 0. The zero-order valence-electron chi connectivity index (χ0n) is 15.3. The number of hydrogen-bond acceptors (Lipinski definition) is 1. The maximum absolute atomic E-state index is 10.7. The zero-order valence-corrected chi connectivity index (χ0v) is 15.3. The first-order valence-corrected chi connectivity index (χ1v) is 8.71. The van der Waals surface area contributed by atoms with E-state index in [4.69, 9.17) is 0 Å². The van der Waals surface area contributed by atoms with Gasteiger partial charge in [-0.3, -0.25) is 4.79 Å². The van der Waals surface area contributed by atoms with Gasteiger partial charge in [0.15, 0.2) is 0 Å². The summed E-state index contributed by atoms with van der Waals surface area (Å²) in [4.78, 5) is 10.7. The summed E-state index contributed by atoms with van der Waals surface area (Å²) in [5.41, 5.74) is 6.35. The summed E-state index contributed by atoms with van der Waals surface area (Å²) in [5.74, 6) is 0. The van der Waals surface area contributed by atoms with Crippen molar-refractivity contribution in [3.63, 3.8) is 0 Å². The van der Waals surface area contributed by atoms with Crippen molar-refractivity contribution < 1.29 is 4.79 Å². The Morgan fingerprint density at radius 3 is 2.38 bits per heavy atom. The molecule has 0 saturated carbocycles.